The molecule has 0 radical (unpaired) electrons. The Bertz CT molecular complexity index is 677. The fourth-order valence-electron chi connectivity index (χ4n) is 1.82. The fraction of sp³-hybridized carbons (Fsp3) is 0.0769. The van der Waals surface area contributed by atoms with Crippen molar-refractivity contribution in [3.05, 3.63) is 45.7 Å². The zero-order chi connectivity index (χ0) is 11.8. The molecule has 2 nitrogen and oxygen atoms in total. The molecule has 0 N–H and O–H groups in total. The summed E-state index contributed by atoms with van der Waals surface area (Å²) >= 11 is 7.86. The van der Waals surface area contributed by atoms with E-state index in [9.17, 15) is 0 Å². The van der Waals surface area contributed by atoms with Gasteiger partial charge < -0.3 is 0 Å². The molecule has 2 aromatic heterocycles. The van der Waals surface area contributed by atoms with Gasteiger partial charge in [-0.05, 0) is 30.0 Å². The summed E-state index contributed by atoms with van der Waals surface area (Å²) in [5, 5.41) is 5.49. The van der Waals surface area contributed by atoms with E-state index in [1.54, 1.807) is 11.3 Å². The molecule has 0 aliphatic rings. The van der Waals surface area contributed by atoms with Crippen molar-refractivity contribution in [1.29, 1.82) is 0 Å². The quantitative estimate of drug-likeness (QED) is 0.609. The number of halogens is 1. The Kier molecular flexibility index (Phi) is 2.57. The van der Waals surface area contributed by atoms with E-state index >= 15 is 0 Å². The molecule has 0 aliphatic heterocycles. The van der Waals surface area contributed by atoms with Crippen LogP contribution in [0, 0.1) is 6.92 Å². The second-order valence-electron chi connectivity index (χ2n) is 3.82. The highest BCUT2D eigenvalue weighted by Crippen LogP contribution is 2.27. The van der Waals surface area contributed by atoms with Gasteiger partial charge in [-0.15, -0.1) is 0 Å². The van der Waals surface area contributed by atoms with Gasteiger partial charge in [0.05, 0.1) is 5.52 Å². The Hall–Kier alpha value is -1.45. The number of aromatic nitrogens is 2. The summed E-state index contributed by atoms with van der Waals surface area (Å²) in [7, 11) is 0. The first-order valence-corrected chi connectivity index (χ1v) is 6.53. The summed E-state index contributed by atoms with van der Waals surface area (Å²) in [6.07, 6.45) is 0. The summed E-state index contributed by atoms with van der Waals surface area (Å²) in [6.45, 7) is 2.02. The van der Waals surface area contributed by atoms with Crippen molar-refractivity contribution in [2.24, 2.45) is 0 Å². The number of hydrogen-bond acceptors (Lipinski definition) is 3. The third-order valence-electron chi connectivity index (χ3n) is 2.67. The van der Waals surface area contributed by atoms with Crippen molar-refractivity contribution >= 4 is 33.8 Å². The van der Waals surface area contributed by atoms with E-state index in [0.717, 1.165) is 22.0 Å². The molecule has 84 valence electrons. The highest BCUT2D eigenvalue weighted by atomic mass is 35.5. The van der Waals surface area contributed by atoms with Crippen LogP contribution in [0.2, 0.25) is 5.15 Å². The molecule has 0 unspecified atom stereocenters. The van der Waals surface area contributed by atoms with Crippen LogP contribution in [0.1, 0.15) is 5.56 Å². The Labute approximate surface area is 108 Å². The molecular weight excluding hydrogens is 252 g/mol. The van der Waals surface area contributed by atoms with Gasteiger partial charge in [-0.1, -0.05) is 23.7 Å². The molecule has 0 spiro atoms. The first-order chi connectivity index (χ1) is 8.25. The Balaban J connectivity index is 2.32. The van der Waals surface area contributed by atoms with Crippen molar-refractivity contribution in [1.82, 2.24) is 9.97 Å². The summed E-state index contributed by atoms with van der Waals surface area (Å²) in [5.41, 5.74) is 3.01. The predicted molar refractivity (Wildman–Crippen MR) is 72.6 cm³/mol. The lowest BCUT2D eigenvalue weighted by Gasteiger charge is -2.05. The predicted octanol–water partition coefficient (Wildman–Crippen LogP) is 4.32. The molecule has 3 rings (SSSR count). The van der Waals surface area contributed by atoms with E-state index in [2.05, 4.69) is 9.97 Å². The summed E-state index contributed by atoms with van der Waals surface area (Å²) in [4.78, 5) is 8.92. The van der Waals surface area contributed by atoms with Crippen molar-refractivity contribution in [3.8, 4) is 11.4 Å². The molecule has 4 heteroatoms. The van der Waals surface area contributed by atoms with Crippen LogP contribution in [0.25, 0.3) is 22.3 Å². The average molecular weight is 261 g/mol. The molecule has 3 aromatic rings. The minimum atomic E-state index is 0.523. The van der Waals surface area contributed by atoms with Gasteiger partial charge in [-0.3, -0.25) is 0 Å². The molecule has 0 bridgehead atoms. The molecule has 0 amide bonds. The number of benzene rings is 1. The summed E-state index contributed by atoms with van der Waals surface area (Å²) in [6, 6.07) is 7.96. The summed E-state index contributed by atoms with van der Waals surface area (Å²) in [5.74, 6) is 0.689. The first kappa shape index (κ1) is 10.7. The molecule has 2 heterocycles. The van der Waals surface area contributed by atoms with Crippen LogP contribution in [0.5, 0.6) is 0 Å². The van der Waals surface area contributed by atoms with Crippen molar-refractivity contribution in [2.45, 2.75) is 6.92 Å². The van der Waals surface area contributed by atoms with Crippen LogP contribution >= 0.6 is 22.9 Å². The number of rotatable bonds is 1. The maximum Gasteiger partial charge on any atom is 0.162 e. The smallest absolute Gasteiger partial charge is 0.162 e. The topological polar surface area (TPSA) is 25.8 Å². The van der Waals surface area contributed by atoms with E-state index < -0.39 is 0 Å². The van der Waals surface area contributed by atoms with Crippen LogP contribution < -0.4 is 0 Å². The van der Waals surface area contributed by atoms with Crippen LogP contribution in [0.4, 0.5) is 0 Å². The Morgan fingerprint density at radius 2 is 2.06 bits per heavy atom. The van der Waals surface area contributed by atoms with Gasteiger partial charge in [0.1, 0.15) is 5.15 Å². The van der Waals surface area contributed by atoms with Crippen molar-refractivity contribution in [3.63, 3.8) is 0 Å². The van der Waals surface area contributed by atoms with Crippen LogP contribution in [-0.2, 0) is 0 Å². The molecule has 0 aliphatic carbocycles. The van der Waals surface area contributed by atoms with Gasteiger partial charge in [0.25, 0.3) is 0 Å². The zero-order valence-corrected chi connectivity index (χ0v) is 10.7. The minimum Gasteiger partial charge on any atom is -0.228 e. The normalized spacial score (nSPS) is 10.9. The van der Waals surface area contributed by atoms with Crippen LogP contribution in [0.15, 0.2) is 35.0 Å². The number of hydrogen-bond donors (Lipinski definition) is 0. The number of thiophene rings is 1. The highest BCUT2D eigenvalue weighted by Gasteiger charge is 2.09. The van der Waals surface area contributed by atoms with E-state index in [1.807, 2.05) is 41.9 Å². The number of fused-ring (bicyclic) bond motifs is 1. The monoisotopic (exact) mass is 260 g/mol. The molecule has 0 fully saturated rings. The van der Waals surface area contributed by atoms with Gasteiger partial charge in [-0.2, -0.15) is 11.3 Å². The van der Waals surface area contributed by atoms with E-state index in [4.69, 9.17) is 11.6 Å². The van der Waals surface area contributed by atoms with Crippen LogP contribution in [0.3, 0.4) is 0 Å². The van der Waals surface area contributed by atoms with Gasteiger partial charge >= 0.3 is 0 Å². The molecule has 0 atom stereocenters. The van der Waals surface area contributed by atoms with Crippen molar-refractivity contribution in [2.75, 3.05) is 0 Å². The third kappa shape index (κ3) is 1.81. The Morgan fingerprint density at radius 3 is 2.82 bits per heavy atom. The minimum absolute atomic E-state index is 0.523. The number of nitrogens with zero attached hydrogens (tertiary/aromatic N) is 2. The summed E-state index contributed by atoms with van der Waals surface area (Å²) < 4.78 is 0. The first-order valence-electron chi connectivity index (χ1n) is 5.21. The molecule has 1 aromatic carbocycles. The molecular formula is C13H9ClN2S. The highest BCUT2D eigenvalue weighted by molar-refractivity contribution is 7.08. The largest absolute Gasteiger partial charge is 0.228 e. The number of aryl methyl sites for hydroxylation is 1. The molecule has 17 heavy (non-hydrogen) atoms. The standard InChI is InChI=1S/C13H9ClN2S/c1-8-3-2-4-10-11(8)12(14)16-13(15-10)9-5-6-17-7-9/h2-7H,1H3. The maximum absolute atomic E-state index is 6.24. The third-order valence-corrected chi connectivity index (χ3v) is 3.62. The van der Waals surface area contributed by atoms with E-state index in [0.29, 0.717) is 11.0 Å². The second kappa shape index (κ2) is 4.09. The SMILES string of the molecule is Cc1cccc2nc(-c3ccsc3)nc(Cl)c12. The van der Waals surface area contributed by atoms with Gasteiger partial charge in [0, 0.05) is 16.3 Å². The van der Waals surface area contributed by atoms with Gasteiger partial charge in [0.15, 0.2) is 5.82 Å². The lowest BCUT2D eigenvalue weighted by molar-refractivity contribution is 1.23. The zero-order valence-electron chi connectivity index (χ0n) is 9.14. The van der Waals surface area contributed by atoms with E-state index in [-0.39, 0.29) is 0 Å². The fourth-order valence-corrected chi connectivity index (χ4v) is 2.78. The average Bonchev–Trinajstić information content (AvgIpc) is 2.81. The van der Waals surface area contributed by atoms with Crippen molar-refractivity contribution < 1.29 is 0 Å². The second-order valence-corrected chi connectivity index (χ2v) is 4.96. The maximum atomic E-state index is 6.24. The van der Waals surface area contributed by atoms with Gasteiger partial charge in [-0.25, -0.2) is 9.97 Å². The lowest BCUT2D eigenvalue weighted by atomic mass is 10.1. The van der Waals surface area contributed by atoms with Gasteiger partial charge in [0.2, 0.25) is 0 Å². The van der Waals surface area contributed by atoms with E-state index in [1.165, 1.54) is 0 Å². The molecule has 0 saturated carbocycles. The molecule has 0 saturated heterocycles. The Morgan fingerprint density at radius 1 is 1.18 bits per heavy atom. The van der Waals surface area contributed by atoms with Crippen LogP contribution in [-0.4, -0.2) is 9.97 Å². The lowest BCUT2D eigenvalue weighted by Crippen LogP contribution is -1.92.